The largest absolute Gasteiger partial charge is 0.385 e. The first-order valence-corrected chi connectivity index (χ1v) is 5.95. The van der Waals surface area contributed by atoms with E-state index in [1.807, 2.05) is 6.92 Å². The van der Waals surface area contributed by atoms with Crippen molar-refractivity contribution in [3.8, 4) is 0 Å². The molecule has 0 saturated heterocycles. The molecule has 0 saturated carbocycles. The molecule has 0 aliphatic rings. The Bertz CT molecular complexity index is 504. The molecule has 1 heterocycles. The molecule has 1 atom stereocenters. The fraction of sp³-hybridized carbons (Fsp3) is 0.667. The second-order valence-electron chi connectivity index (χ2n) is 4.44. The Morgan fingerprint density at radius 1 is 1.33 bits per heavy atom. The van der Waals surface area contributed by atoms with Crippen molar-refractivity contribution in [3.63, 3.8) is 0 Å². The van der Waals surface area contributed by atoms with Gasteiger partial charge in [-0.1, -0.05) is 0 Å². The third kappa shape index (κ3) is 3.54. The minimum absolute atomic E-state index is 0.268. The van der Waals surface area contributed by atoms with Crippen LogP contribution >= 0.6 is 0 Å². The predicted molar refractivity (Wildman–Crippen MR) is 69.7 cm³/mol. The minimum atomic E-state index is -0.302. The standard InChI is InChI=1S/C12H21N3O3/c1-9(5-6-18-4)13-8-10-7-11(16)15(3)12(17)14(10)2/h7,9,13H,5-6,8H2,1-4H3. The summed E-state index contributed by atoms with van der Waals surface area (Å²) in [6.07, 6.45) is 0.884. The third-order valence-electron chi connectivity index (χ3n) is 3.01. The summed E-state index contributed by atoms with van der Waals surface area (Å²) in [4.78, 5) is 23.2. The van der Waals surface area contributed by atoms with E-state index in [0.29, 0.717) is 18.8 Å². The first kappa shape index (κ1) is 14.7. The Morgan fingerprint density at radius 3 is 2.61 bits per heavy atom. The van der Waals surface area contributed by atoms with Gasteiger partial charge in [-0.2, -0.15) is 0 Å². The Kier molecular flexibility index (Phi) is 5.30. The maximum atomic E-state index is 11.7. The van der Waals surface area contributed by atoms with Crippen LogP contribution in [-0.4, -0.2) is 28.9 Å². The summed E-state index contributed by atoms with van der Waals surface area (Å²) < 4.78 is 7.57. The van der Waals surface area contributed by atoms with Crippen molar-refractivity contribution >= 4 is 0 Å². The topological polar surface area (TPSA) is 65.3 Å². The molecule has 0 fully saturated rings. The lowest BCUT2D eigenvalue weighted by atomic mass is 10.2. The second-order valence-corrected chi connectivity index (χ2v) is 4.44. The van der Waals surface area contributed by atoms with Crippen molar-refractivity contribution in [3.05, 3.63) is 32.6 Å². The average Bonchev–Trinajstić information content (AvgIpc) is 2.36. The van der Waals surface area contributed by atoms with Gasteiger partial charge in [0.05, 0.1) is 0 Å². The molecule has 18 heavy (non-hydrogen) atoms. The SMILES string of the molecule is COCCC(C)NCc1cc(=O)n(C)c(=O)n1C. The summed E-state index contributed by atoms with van der Waals surface area (Å²) in [6, 6.07) is 1.75. The first-order chi connectivity index (χ1) is 8.47. The number of ether oxygens (including phenoxy) is 1. The van der Waals surface area contributed by atoms with E-state index in [2.05, 4.69) is 5.32 Å². The van der Waals surface area contributed by atoms with Gasteiger partial charge in [-0.15, -0.1) is 0 Å². The van der Waals surface area contributed by atoms with Crippen LogP contribution in [0.2, 0.25) is 0 Å². The van der Waals surface area contributed by atoms with Gasteiger partial charge in [0.25, 0.3) is 5.56 Å². The van der Waals surface area contributed by atoms with Gasteiger partial charge >= 0.3 is 5.69 Å². The van der Waals surface area contributed by atoms with Crippen LogP contribution in [0.3, 0.4) is 0 Å². The quantitative estimate of drug-likeness (QED) is 0.751. The summed E-state index contributed by atoms with van der Waals surface area (Å²) in [5.74, 6) is 0. The zero-order valence-electron chi connectivity index (χ0n) is 11.4. The van der Waals surface area contributed by atoms with Gasteiger partial charge in [-0.05, 0) is 13.3 Å². The maximum absolute atomic E-state index is 11.7. The Hall–Kier alpha value is -1.40. The Balaban J connectivity index is 2.74. The van der Waals surface area contributed by atoms with Gasteiger partial charge in [0.2, 0.25) is 0 Å². The molecular formula is C12H21N3O3. The van der Waals surface area contributed by atoms with Crippen molar-refractivity contribution in [2.24, 2.45) is 14.1 Å². The number of hydrogen-bond donors (Lipinski definition) is 1. The lowest BCUT2D eigenvalue weighted by Crippen LogP contribution is -2.39. The molecule has 1 unspecified atom stereocenters. The summed E-state index contributed by atoms with van der Waals surface area (Å²) in [5, 5.41) is 3.26. The van der Waals surface area contributed by atoms with Gasteiger partial charge in [-0.3, -0.25) is 13.9 Å². The first-order valence-electron chi connectivity index (χ1n) is 5.95. The molecular weight excluding hydrogens is 234 g/mol. The monoisotopic (exact) mass is 255 g/mol. The number of nitrogens with zero attached hydrogens (tertiary/aromatic N) is 2. The Labute approximate surface area is 106 Å². The number of nitrogens with one attached hydrogen (secondary N) is 1. The highest BCUT2D eigenvalue weighted by atomic mass is 16.5. The van der Waals surface area contributed by atoms with E-state index in [0.717, 1.165) is 11.0 Å². The number of aromatic nitrogens is 2. The third-order valence-corrected chi connectivity index (χ3v) is 3.01. The molecule has 0 bridgehead atoms. The molecule has 6 heteroatoms. The highest BCUT2D eigenvalue weighted by Gasteiger charge is 2.07. The van der Waals surface area contributed by atoms with Crippen molar-refractivity contribution in [1.29, 1.82) is 0 Å². The molecule has 1 N–H and O–H groups in total. The number of rotatable bonds is 6. The molecule has 1 aromatic heterocycles. The lowest BCUT2D eigenvalue weighted by Gasteiger charge is -2.15. The van der Waals surface area contributed by atoms with Crippen LogP contribution in [0.5, 0.6) is 0 Å². The second kappa shape index (κ2) is 6.51. The van der Waals surface area contributed by atoms with Crippen LogP contribution < -0.4 is 16.6 Å². The van der Waals surface area contributed by atoms with Gasteiger partial charge in [-0.25, -0.2) is 4.79 Å². The fourth-order valence-corrected chi connectivity index (χ4v) is 1.62. The number of hydrogen-bond acceptors (Lipinski definition) is 4. The molecule has 1 rings (SSSR count). The highest BCUT2D eigenvalue weighted by molar-refractivity contribution is 5.02. The van der Waals surface area contributed by atoms with E-state index < -0.39 is 0 Å². The normalized spacial score (nSPS) is 12.7. The zero-order valence-corrected chi connectivity index (χ0v) is 11.4. The average molecular weight is 255 g/mol. The Morgan fingerprint density at radius 2 is 2.00 bits per heavy atom. The summed E-state index contributed by atoms with van der Waals surface area (Å²) in [7, 11) is 4.80. The van der Waals surface area contributed by atoms with Gasteiger partial charge < -0.3 is 10.1 Å². The summed E-state index contributed by atoms with van der Waals surface area (Å²) in [6.45, 7) is 3.22. The summed E-state index contributed by atoms with van der Waals surface area (Å²) in [5.41, 5.74) is 0.107. The van der Waals surface area contributed by atoms with E-state index in [1.54, 1.807) is 14.2 Å². The van der Waals surface area contributed by atoms with Crippen LogP contribution in [0, 0.1) is 0 Å². The van der Waals surface area contributed by atoms with Crippen LogP contribution in [0.1, 0.15) is 19.0 Å². The van der Waals surface area contributed by atoms with Crippen molar-refractivity contribution in [2.45, 2.75) is 25.9 Å². The van der Waals surface area contributed by atoms with E-state index >= 15 is 0 Å². The fourth-order valence-electron chi connectivity index (χ4n) is 1.62. The van der Waals surface area contributed by atoms with Gasteiger partial charge in [0, 0.05) is 52.2 Å². The molecule has 6 nitrogen and oxygen atoms in total. The van der Waals surface area contributed by atoms with Crippen LogP contribution in [0.4, 0.5) is 0 Å². The lowest BCUT2D eigenvalue weighted by molar-refractivity contribution is 0.184. The van der Waals surface area contributed by atoms with E-state index in [9.17, 15) is 9.59 Å². The molecule has 0 aliphatic heterocycles. The minimum Gasteiger partial charge on any atom is -0.385 e. The van der Waals surface area contributed by atoms with Crippen LogP contribution in [0.25, 0.3) is 0 Å². The molecule has 1 aromatic rings. The smallest absolute Gasteiger partial charge is 0.330 e. The van der Waals surface area contributed by atoms with Gasteiger partial charge in [0.1, 0.15) is 0 Å². The number of methoxy groups -OCH3 is 1. The molecule has 0 aliphatic carbocycles. The highest BCUT2D eigenvalue weighted by Crippen LogP contribution is 1.95. The summed E-state index contributed by atoms with van der Waals surface area (Å²) >= 11 is 0. The maximum Gasteiger partial charge on any atom is 0.330 e. The molecule has 0 amide bonds. The van der Waals surface area contributed by atoms with Gasteiger partial charge in [0.15, 0.2) is 0 Å². The predicted octanol–water partition coefficient (Wildman–Crippen LogP) is -0.401. The molecule has 0 aromatic carbocycles. The molecule has 0 radical (unpaired) electrons. The van der Waals surface area contributed by atoms with Crippen molar-refractivity contribution < 1.29 is 4.74 Å². The van der Waals surface area contributed by atoms with E-state index in [-0.39, 0.29) is 17.3 Å². The molecule has 0 spiro atoms. The van der Waals surface area contributed by atoms with Crippen molar-refractivity contribution in [2.75, 3.05) is 13.7 Å². The van der Waals surface area contributed by atoms with Crippen molar-refractivity contribution in [1.82, 2.24) is 14.5 Å². The molecule has 102 valence electrons. The van der Waals surface area contributed by atoms with E-state index in [1.165, 1.54) is 17.7 Å². The van der Waals surface area contributed by atoms with Crippen LogP contribution in [0.15, 0.2) is 15.7 Å². The van der Waals surface area contributed by atoms with E-state index in [4.69, 9.17) is 4.74 Å². The zero-order chi connectivity index (χ0) is 13.7. The van der Waals surface area contributed by atoms with Crippen LogP contribution in [-0.2, 0) is 25.4 Å².